The zero-order valence-corrected chi connectivity index (χ0v) is 20.7. The first-order chi connectivity index (χ1) is 15.6. The van der Waals surface area contributed by atoms with Crippen LogP contribution < -0.4 is 0 Å². The Bertz CT molecular complexity index is 808. The van der Waals surface area contributed by atoms with Crippen LogP contribution in [0, 0.1) is 0 Å². The van der Waals surface area contributed by atoms with Crippen LogP contribution in [0.4, 0.5) is 9.59 Å². The summed E-state index contributed by atoms with van der Waals surface area (Å²) in [7, 11) is 0. The van der Waals surface area contributed by atoms with Gasteiger partial charge in [-0.2, -0.15) is 0 Å². The average molecular weight is 483 g/mol. The number of hydroxylamine groups is 4. The third-order valence-corrected chi connectivity index (χ3v) is 6.45. The molecule has 4 saturated heterocycles. The number of likely N-dealkylation sites (tertiary alicyclic amines) is 2. The zero-order valence-electron chi connectivity index (χ0n) is 20.7. The Labute approximate surface area is 198 Å². The minimum absolute atomic E-state index is 0.308. The first-order valence-corrected chi connectivity index (χ1v) is 11.6. The Morgan fingerprint density at radius 3 is 1.18 bits per heavy atom. The monoisotopic (exact) mass is 482 g/mol. The van der Waals surface area contributed by atoms with Gasteiger partial charge in [0.1, 0.15) is 11.2 Å². The summed E-state index contributed by atoms with van der Waals surface area (Å²) in [4.78, 5) is 62.5. The Balaban J connectivity index is 1.18. The molecular weight excluding hydrogens is 448 g/mol. The van der Waals surface area contributed by atoms with E-state index in [1.54, 1.807) is 51.3 Å². The molecule has 0 aromatic carbocycles. The van der Waals surface area contributed by atoms with Crippen molar-refractivity contribution in [2.45, 2.75) is 76.7 Å². The van der Waals surface area contributed by atoms with Gasteiger partial charge in [0.05, 0.1) is 37.3 Å². The van der Waals surface area contributed by atoms with E-state index < -0.39 is 46.4 Å². The Morgan fingerprint density at radius 1 is 0.618 bits per heavy atom. The number of ether oxygens (including phenoxy) is 2. The van der Waals surface area contributed by atoms with Crippen molar-refractivity contribution < 1.29 is 38.3 Å². The fraction of sp³-hybridized carbons (Fsp3) is 0.818. The van der Waals surface area contributed by atoms with Gasteiger partial charge in [0.2, 0.25) is 0 Å². The molecule has 4 aliphatic heterocycles. The highest BCUT2D eigenvalue weighted by atomic mass is 16.8. The maximum atomic E-state index is 12.3. The second kappa shape index (κ2) is 7.98. The predicted octanol–water partition coefficient (Wildman–Crippen LogP) is 1.29. The molecule has 190 valence electrons. The number of rotatable bonds is 2. The SMILES string of the molecule is CC(C)(C)OC(=O)N1CCC12CN(OC(=O)C(=O)ON1CC3(CCN3C(=O)OC(C)(C)C)C1)C2. The molecule has 0 unspecified atom stereocenters. The summed E-state index contributed by atoms with van der Waals surface area (Å²) in [6.07, 6.45) is 0.753. The summed E-state index contributed by atoms with van der Waals surface area (Å²) >= 11 is 0. The second-order valence-corrected chi connectivity index (χ2v) is 11.6. The summed E-state index contributed by atoms with van der Waals surface area (Å²) < 4.78 is 10.8. The lowest BCUT2D eigenvalue weighted by Crippen LogP contribution is -2.78. The van der Waals surface area contributed by atoms with Crippen LogP contribution in [0.15, 0.2) is 0 Å². The lowest BCUT2D eigenvalue weighted by atomic mass is 9.79. The van der Waals surface area contributed by atoms with Crippen LogP contribution in [0.3, 0.4) is 0 Å². The molecule has 4 fully saturated rings. The fourth-order valence-corrected chi connectivity index (χ4v) is 4.60. The number of hydrogen-bond donors (Lipinski definition) is 0. The zero-order chi connectivity index (χ0) is 25.1. The van der Waals surface area contributed by atoms with Gasteiger partial charge in [-0.3, -0.25) is 9.80 Å². The summed E-state index contributed by atoms with van der Waals surface area (Å²) in [5, 5.41) is 2.68. The van der Waals surface area contributed by atoms with Crippen LogP contribution in [0.2, 0.25) is 0 Å². The average Bonchev–Trinajstić information content (AvgIpc) is 2.53. The van der Waals surface area contributed by atoms with Crippen molar-refractivity contribution in [1.82, 2.24) is 19.9 Å². The summed E-state index contributed by atoms with van der Waals surface area (Å²) in [5.74, 6) is -2.26. The molecule has 4 rings (SSSR count). The van der Waals surface area contributed by atoms with Gasteiger partial charge >= 0.3 is 24.1 Å². The highest BCUT2D eigenvalue weighted by Gasteiger charge is 2.59. The lowest BCUT2D eigenvalue weighted by Gasteiger charge is -2.60. The molecule has 0 atom stereocenters. The third kappa shape index (κ3) is 4.65. The van der Waals surface area contributed by atoms with Crippen LogP contribution in [-0.4, -0.2) is 106 Å². The van der Waals surface area contributed by atoms with Gasteiger partial charge in [-0.15, -0.1) is 10.1 Å². The van der Waals surface area contributed by atoms with E-state index in [4.69, 9.17) is 19.1 Å². The highest BCUT2D eigenvalue weighted by Crippen LogP contribution is 2.41. The molecule has 0 aromatic rings. The molecule has 4 aliphatic rings. The molecule has 12 nitrogen and oxygen atoms in total. The largest absolute Gasteiger partial charge is 0.444 e. The molecule has 2 spiro atoms. The standard InChI is InChI=1S/C22H34N4O8/c1-19(2,3)31-17(29)25-9-7-21(25)11-23(12-21)33-15(27)16(28)34-24-13-22(14-24)8-10-26(22)18(30)32-20(4,5)6/h7-14H2,1-6H3. The van der Waals surface area contributed by atoms with Gasteiger partial charge in [0.25, 0.3) is 0 Å². The minimum Gasteiger partial charge on any atom is -0.444 e. The van der Waals surface area contributed by atoms with Crippen LogP contribution in [-0.2, 0) is 28.7 Å². The molecule has 0 saturated carbocycles. The van der Waals surface area contributed by atoms with Crippen molar-refractivity contribution in [1.29, 1.82) is 0 Å². The summed E-state index contributed by atoms with van der Waals surface area (Å²) in [6.45, 7) is 13.2. The summed E-state index contributed by atoms with van der Waals surface area (Å²) in [6, 6.07) is 0. The third-order valence-electron chi connectivity index (χ3n) is 6.45. The van der Waals surface area contributed by atoms with Crippen molar-refractivity contribution in [3.63, 3.8) is 0 Å². The number of hydrogen-bond acceptors (Lipinski definition) is 10. The molecule has 2 amide bonds. The molecule has 4 heterocycles. The van der Waals surface area contributed by atoms with Crippen molar-refractivity contribution in [3.05, 3.63) is 0 Å². The maximum absolute atomic E-state index is 12.3. The molecule has 12 heteroatoms. The van der Waals surface area contributed by atoms with Crippen molar-refractivity contribution >= 4 is 24.1 Å². The predicted molar refractivity (Wildman–Crippen MR) is 116 cm³/mol. The number of carbonyl (C=O) groups excluding carboxylic acids is 4. The van der Waals surface area contributed by atoms with Crippen molar-refractivity contribution in [2.75, 3.05) is 39.3 Å². The van der Waals surface area contributed by atoms with E-state index in [9.17, 15) is 19.2 Å². The molecule has 0 radical (unpaired) electrons. The van der Waals surface area contributed by atoms with Crippen molar-refractivity contribution in [3.8, 4) is 0 Å². The van der Waals surface area contributed by atoms with Gasteiger partial charge in [-0.25, -0.2) is 19.2 Å². The quantitative estimate of drug-likeness (QED) is 0.533. The first-order valence-electron chi connectivity index (χ1n) is 11.6. The normalized spacial score (nSPS) is 23.2. The molecule has 0 aliphatic carbocycles. The van der Waals surface area contributed by atoms with Gasteiger partial charge in [-0.05, 0) is 54.4 Å². The van der Waals surface area contributed by atoms with Gasteiger partial charge in [-0.1, -0.05) is 0 Å². The van der Waals surface area contributed by atoms with Crippen LogP contribution in [0.25, 0.3) is 0 Å². The number of nitrogens with zero attached hydrogens (tertiary/aromatic N) is 4. The van der Waals surface area contributed by atoms with Crippen LogP contribution >= 0.6 is 0 Å². The second-order valence-electron chi connectivity index (χ2n) is 11.6. The van der Waals surface area contributed by atoms with Crippen LogP contribution in [0.1, 0.15) is 54.4 Å². The van der Waals surface area contributed by atoms with E-state index >= 15 is 0 Å². The van der Waals surface area contributed by atoms with E-state index in [1.807, 2.05) is 0 Å². The van der Waals surface area contributed by atoms with Gasteiger partial charge in [0.15, 0.2) is 0 Å². The molecule has 0 bridgehead atoms. The molecule has 0 aromatic heterocycles. The van der Waals surface area contributed by atoms with Gasteiger partial charge in [0, 0.05) is 13.1 Å². The lowest BCUT2D eigenvalue weighted by molar-refractivity contribution is -0.277. The summed E-state index contributed by atoms with van der Waals surface area (Å²) in [5.41, 5.74) is -2.03. The van der Waals surface area contributed by atoms with E-state index in [0.29, 0.717) is 39.3 Å². The Morgan fingerprint density at radius 2 is 0.941 bits per heavy atom. The molecular formula is C22H34N4O8. The van der Waals surface area contributed by atoms with Crippen LogP contribution in [0.5, 0.6) is 0 Å². The van der Waals surface area contributed by atoms with E-state index in [2.05, 4.69) is 0 Å². The number of carbonyl (C=O) groups is 4. The Kier molecular flexibility index (Phi) is 5.75. The minimum atomic E-state index is -1.13. The number of amides is 2. The molecule has 0 N–H and O–H groups in total. The van der Waals surface area contributed by atoms with E-state index in [-0.39, 0.29) is 0 Å². The molecule has 34 heavy (non-hydrogen) atoms. The Hall–Kier alpha value is -2.60. The van der Waals surface area contributed by atoms with E-state index in [1.165, 1.54) is 10.1 Å². The highest BCUT2D eigenvalue weighted by molar-refractivity contribution is 6.29. The first kappa shape index (κ1) is 24.5. The van der Waals surface area contributed by atoms with E-state index in [0.717, 1.165) is 12.8 Å². The smallest absolute Gasteiger partial charge is 0.438 e. The van der Waals surface area contributed by atoms with Gasteiger partial charge < -0.3 is 19.1 Å². The topological polar surface area (TPSA) is 118 Å². The van der Waals surface area contributed by atoms with Crippen molar-refractivity contribution in [2.24, 2.45) is 0 Å². The fourth-order valence-electron chi connectivity index (χ4n) is 4.60. The maximum Gasteiger partial charge on any atom is 0.438 e.